The Morgan fingerprint density at radius 2 is 1.94 bits per heavy atom. The standard InChI is InChI=1S/C15H18BrNO/c1-11-3-5-12(6-4-11)7-8-14(17-2)15-13(16)9-10-18-15/h3-6,9-10,14,17H,7-8H2,1-2H3. The molecule has 0 aliphatic rings. The van der Waals surface area contributed by atoms with Crippen LogP contribution in [-0.4, -0.2) is 7.05 Å². The Labute approximate surface area is 117 Å². The molecule has 0 bridgehead atoms. The van der Waals surface area contributed by atoms with Gasteiger partial charge >= 0.3 is 0 Å². The molecule has 1 heterocycles. The molecule has 2 rings (SSSR count). The van der Waals surface area contributed by atoms with Crippen molar-refractivity contribution in [3.63, 3.8) is 0 Å². The van der Waals surface area contributed by atoms with Crippen LogP contribution in [0.4, 0.5) is 0 Å². The SMILES string of the molecule is CNC(CCc1ccc(C)cc1)c1occc1Br. The number of rotatable bonds is 5. The average Bonchev–Trinajstić information content (AvgIpc) is 2.79. The Bertz CT molecular complexity index is 489. The van der Waals surface area contributed by atoms with Crippen LogP contribution in [0.15, 0.2) is 45.5 Å². The number of halogens is 1. The van der Waals surface area contributed by atoms with Crippen molar-refractivity contribution in [1.82, 2.24) is 5.32 Å². The van der Waals surface area contributed by atoms with Gasteiger partial charge in [-0.15, -0.1) is 0 Å². The molecule has 1 aromatic carbocycles. The van der Waals surface area contributed by atoms with Crippen LogP contribution in [0.25, 0.3) is 0 Å². The molecule has 0 saturated carbocycles. The maximum absolute atomic E-state index is 5.52. The zero-order valence-electron chi connectivity index (χ0n) is 10.7. The van der Waals surface area contributed by atoms with Gasteiger partial charge in [-0.1, -0.05) is 29.8 Å². The van der Waals surface area contributed by atoms with Crippen LogP contribution >= 0.6 is 15.9 Å². The van der Waals surface area contributed by atoms with Crippen LogP contribution in [0, 0.1) is 6.92 Å². The molecule has 0 saturated heterocycles. The molecule has 0 aliphatic heterocycles. The molecule has 1 aromatic heterocycles. The van der Waals surface area contributed by atoms with E-state index in [0.717, 1.165) is 23.1 Å². The smallest absolute Gasteiger partial charge is 0.134 e. The molecule has 1 atom stereocenters. The Morgan fingerprint density at radius 1 is 1.22 bits per heavy atom. The number of hydrogen-bond donors (Lipinski definition) is 1. The van der Waals surface area contributed by atoms with Gasteiger partial charge in [-0.2, -0.15) is 0 Å². The lowest BCUT2D eigenvalue weighted by atomic mass is 10.0. The van der Waals surface area contributed by atoms with E-state index in [-0.39, 0.29) is 6.04 Å². The first-order valence-electron chi connectivity index (χ1n) is 6.16. The van der Waals surface area contributed by atoms with E-state index in [1.807, 2.05) is 13.1 Å². The predicted molar refractivity (Wildman–Crippen MR) is 77.7 cm³/mol. The minimum atomic E-state index is 0.246. The summed E-state index contributed by atoms with van der Waals surface area (Å²) in [6.07, 6.45) is 3.78. The van der Waals surface area contributed by atoms with E-state index in [1.54, 1.807) is 6.26 Å². The Hall–Kier alpha value is -1.06. The van der Waals surface area contributed by atoms with Crippen LogP contribution in [0.1, 0.15) is 29.3 Å². The highest BCUT2D eigenvalue weighted by Gasteiger charge is 2.15. The molecule has 1 unspecified atom stereocenters. The molecule has 96 valence electrons. The van der Waals surface area contributed by atoms with E-state index in [1.165, 1.54) is 11.1 Å². The predicted octanol–water partition coefficient (Wildman–Crippen LogP) is 4.24. The van der Waals surface area contributed by atoms with Crippen molar-refractivity contribution in [2.45, 2.75) is 25.8 Å². The quantitative estimate of drug-likeness (QED) is 0.893. The molecule has 0 amide bonds. The fraction of sp³-hybridized carbons (Fsp3) is 0.333. The number of nitrogens with one attached hydrogen (secondary N) is 1. The molecule has 0 fully saturated rings. The fourth-order valence-electron chi connectivity index (χ4n) is 2.03. The van der Waals surface area contributed by atoms with Crippen molar-refractivity contribution in [3.8, 4) is 0 Å². The van der Waals surface area contributed by atoms with Crippen LogP contribution in [-0.2, 0) is 6.42 Å². The number of furan rings is 1. The summed E-state index contributed by atoms with van der Waals surface area (Å²) in [4.78, 5) is 0. The van der Waals surface area contributed by atoms with E-state index in [0.29, 0.717) is 0 Å². The summed E-state index contributed by atoms with van der Waals surface area (Å²) in [7, 11) is 1.97. The van der Waals surface area contributed by atoms with Crippen LogP contribution in [0.3, 0.4) is 0 Å². The van der Waals surface area contributed by atoms with E-state index in [2.05, 4.69) is 52.4 Å². The first-order chi connectivity index (χ1) is 8.70. The molecule has 2 aromatic rings. The Morgan fingerprint density at radius 3 is 2.50 bits per heavy atom. The van der Waals surface area contributed by atoms with E-state index in [4.69, 9.17) is 4.42 Å². The lowest BCUT2D eigenvalue weighted by Gasteiger charge is -2.14. The minimum Gasteiger partial charge on any atom is -0.466 e. The number of benzene rings is 1. The van der Waals surface area contributed by atoms with Crippen molar-refractivity contribution in [1.29, 1.82) is 0 Å². The van der Waals surface area contributed by atoms with E-state index >= 15 is 0 Å². The van der Waals surface area contributed by atoms with E-state index < -0.39 is 0 Å². The zero-order valence-corrected chi connectivity index (χ0v) is 12.3. The third-order valence-corrected chi connectivity index (χ3v) is 3.81. The van der Waals surface area contributed by atoms with Crippen molar-refractivity contribution in [2.24, 2.45) is 0 Å². The maximum atomic E-state index is 5.52. The monoisotopic (exact) mass is 307 g/mol. The lowest BCUT2D eigenvalue weighted by molar-refractivity contribution is 0.412. The van der Waals surface area contributed by atoms with Gasteiger partial charge < -0.3 is 9.73 Å². The zero-order chi connectivity index (χ0) is 13.0. The highest BCUT2D eigenvalue weighted by Crippen LogP contribution is 2.27. The molecular formula is C15H18BrNO. The van der Waals surface area contributed by atoms with Gasteiger partial charge in [0.1, 0.15) is 5.76 Å². The van der Waals surface area contributed by atoms with Crippen molar-refractivity contribution >= 4 is 15.9 Å². The summed E-state index contributed by atoms with van der Waals surface area (Å²) in [5.74, 6) is 0.976. The summed E-state index contributed by atoms with van der Waals surface area (Å²) in [6.45, 7) is 2.11. The van der Waals surface area contributed by atoms with Gasteiger partial charge in [0.25, 0.3) is 0 Å². The summed E-state index contributed by atoms with van der Waals surface area (Å²) >= 11 is 3.51. The van der Waals surface area contributed by atoms with Crippen LogP contribution in [0.2, 0.25) is 0 Å². The normalized spacial score (nSPS) is 12.6. The summed E-state index contributed by atoms with van der Waals surface area (Å²) in [5, 5.41) is 3.30. The average molecular weight is 308 g/mol. The molecule has 2 nitrogen and oxygen atoms in total. The van der Waals surface area contributed by atoms with Gasteiger partial charge in [0.15, 0.2) is 0 Å². The van der Waals surface area contributed by atoms with Crippen molar-refractivity contribution < 1.29 is 4.42 Å². The maximum Gasteiger partial charge on any atom is 0.134 e. The summed E-state index contributed by atoms with van der Waals surface area (Å²) in [5.41, 5.74) is 2.67. The Kier molecular flexibility index (Phi) is 4.61. The largest absolute Gasteiger partial charge is 0.466 e. The Balaban J connectivity index is 2.00. The molecule has 0 aliphatic carbocycles. The number of hydrogen-bond acceptors (Lipinski definition) is 2. The summed E-state index contributed by atoms with van der Waals surface area (Å²) in [6, 6.07) is 10.9. The number of aryl methyl sites for hydroxylation is 2. The topological polar surface area (TPSA) is 25.2 Å². The van der Waals surface area contributed by atoms with Crippen molar-refractivity contribution in [2.75, 3.05) is 7.05 Å². The van der Waals surface area contributed by atoms with Gasteiger partial charge in [0, 0.05) is 0 Å². The van der Waals surface area contributed by atoms with Gasteiger partial charge in [0.05, 0.1) is 16.8 Å². The van der Waals surface area contributed by atoms with Crippen molar-refractivity contribution in [3.05, 3.63) is 58.0 Å². The molecule has 0 radical (unpaired) electrons. The second-order valence-corrected chi connectivity index (χ2v) is 5.35. The first-order valence-corrected chi connectivity index (χ1v) is 6.95. The van der Waals surface area contributed by atoms with Crippen LogP contribution < -0.4 is 5.32 Å². The molecule has 18 heavy (non-hydrogen) atoms. The molecule has 3 heteroatoms. The fourth-order valence-corrected chi connectivity index (χ4v) is 2.50. The van der Waals surface area contributed by atoms with Gasteiger partial charge in [-0.05, 0) is 54.4 Å². The van der Waals surface area contributed by atoms with Gasteiger partial charge in [-0.25, -0.2) is 0 Å². The second-order valence-electron chi connectivity index (χ2n) is 4.50. The third-order valence-electron chi connectivity index (χ3n) is 3.15. The van der Waals surface area contributed by atoms with Gasteiger partial charge in [-0.3, -0.25) is 0 Å². The molecule has 1 N–H and O–H groups in total. The lowest BCUT2D eigenvalue weighted by Crippen LogP contribution is -2.16. The highest BCUT2D eigenvalue weighted by molar-refractivity contribution is 9.10. The van der Waals surface area contributed by atoms with Gasteiger partial charge in [0.2, 0.25) is 0 Å². The van der Waals surface area contributed by atoms with E-state index in [9.17, 15) is 0 Å². The third kappa shape index (κ3) is 3.24. The minimum absolute atomic E-state index is 0.246. The highest BCUT2D eigenvalue weighted by atomic mass is 79.9. The molecule has 0 spiro atoms. The first kappa shape index (κ1) is 13.4. The van der Waals surface area contributed by atoms with Crippen LogP contribution in [0.5, 0.6) is 0 Å². The molecular weight excluding hydrogens is 290 g/mol. The second kappa shape index (κ2) is 6.21. The summed E-state index contributed by atoms with van der Waals surface area (Å²) < 4.78 is 6.55.